The van der Waals surface area contributed by atoms with Gasteiger partial charge in [0.15, 0.2) is 0 Å². The molecule has 0 amide bonds. The van der Waals surface area contributed by atoms with Gasteiger partial charge in [0.1, 0.15) is 0 Å². The maximum atomic E-state index is 8.97. The molecule has 0 bridgehead atoms. The second-order valence-corrected chi connectivity index (χ2v) is 3.23. The molecule has 1 aromatic heterocycles. The summed E-state index contributed by atoms with van der Waals surface area (Å²) in [6.07, 6.45) is 1.87. The normalized spacial score (nSPS) is 20.1. The van der Waals surface area contributed by atoms with Crippen molar-refractivity contribution in [2.45, 2.75) is 18.3 Å². The summed E-state index contributed by atoms with van der Waals surface area (Å²) in [7, 11) is 0. The average molecular weight is 172 g/mol. The van der Waals surface area contributed by atoms with Crippen LogP contribution in [0.15, 0.2) is 4.42 Å². The van der Waals surface area contributed by atoms with Crippen molar-refractivity contribution in [2.75, 3.05) is 6.61 Å². The summed E-state index contributed by atoms with van der Waals surface area (Å²) in [5, 5.41) is 15.4. The quantitative estimate of drug-likeness (QED) is 0.646. The number of nitrogens with zero attached hydrogens (tertiary/aromatic N) is 1. The number of aromatic nitrogens is 2. The molecule has 1 fully saturated rings. The van der Waals surface area contributed by atoms with Crippen LogP contribution >= 0.6 is 12.2 Å². The second-order valence-electron chi connectivity index (χ2n) is 2.86. The van der Waals surface area contributed by atoms with E-state index < -0.39 is 0 Å². The van der Waals surface area contributed by atoms with E-state index in [4.69, 9.17) is 21.7 Å². The molecule has 0 radical (unpaired) electrons. The van der Waals surface area contributed by atoms with Gasteiger partial charge in [-0.1, -0.05) is 0 Å². The van der Waals surface area contributed by atoms with Crippen molar-refractivity contribution in [2.24, 2.45) is 0 Å². The van der Waals surface area contributed by atoms with Crippen LogP contribution in [0.3, 0.4) is 0 Å². The van der Waals surface area contributed by atoms with Gasteiger partial charge in [0, 0.05) is 0 Å². The van der Waals surface area contributed by atoms with Gasteiger partial charge in [0.25, 0.3) is 4.84 Å². The Balaban J connectivity index is 2.36. The van der Waals surface area contributed by atoms with E-state index in [1.54, 1.807) is 0 Å². The Morgan fingerprint density at radius 1 is 1.73 bits per heavy atom. The standard InChI is InChI=1S/C6H8N2O2S/c9-3-6(1-2-6)4-7-8-5(11)10-4/h9H,1-3H2,(H,8,11). The van der Waals surface area contributed by atoms with Gasteiger partial charge < -0.3 is 9.52 Å². The highest BCUT2D eigenvalue weighted by Gasteiger charge is 2.48. The first-order valence-electron chi connectivity index (χ1n) is 3.44. The van der Waals surface area contributed by atoms with Gasteiger partial charge in [0.05, 0.1) is 12.0 Å². The van der Waals surface area contributed by atoms with E-state index in [1.807, 2.05) is 0 Å². The minimum atomic E-state index is -0.215. The Morgan fingerprint density at radius 3 is 2.82 bits per heavy atom. The van der Waals surface area contributed by atoms with Gasteiger partial charge in [-0.3, -0.25) is 0 Å². The van der Waals surface area contributed by atoms with Crippen LogP contribution in [0, 0.1) is 4.84 Å². The average Bonchev–Trinajstić information content (AvgIpc) is 2.70. The lowest BCUT2D eigenvalue weighted by molar-refractivity contribution is 0.232. The summed E-state index contributed by atoms with van der Waals surface area (Å²) in [5.74, 6) is 0.546. The van der Waals surface area contributed by atoms with Crippen LogP contribution < -0.4 is 0 Å². The number of H-pyrrole nitrogens is 1. The Morgan fingerprint density at radius 2 is 2.45 bits per heavy atom. The van der Waals surface area contributed by atoms with Gasteiger partial charge in [0.2, 0.25) is 5.89 Å². The fraction of sp³-hybridized carbons (Fsp3) is 0.667. The number of rotatable bonds is 2. The molecule has 0 aromatic carbocycles. The fourth-order valence-electron chi connectivity index (χ4n) is 1.05. The maximum Gasteiger partial charge on any atom is 0.284 e. The topological polar surface area (TPSA) is 62.1 Å². The molecular formula is C6H8N2O2S. The van der Waals surface area contributed by atoms with E-state index in [9.17, 15) is 0 Å². The van der Waals surface area contributed by atoms with E-state index in [2.05, 4.69) is 10.2 Å². The summed E-state index contributed by atoms with van der Waals surface area (Å²) in [4.78, 5) is 0.278. The van der Waals surface area contributed by atoms with Crippen molar-refractivity contribution < 1.29 is 9.52 Å². The zero-order chi connectivity index (χ0) is 7.90. The van der Waals surface area contributed by atoms with Crippen LogP contribution in [-0.2, 0) is 5.41 Å². The number of hydrogen-bond acceptors (Lipinski definition) is 4. The number of aromatic amines is 1. The van der Waals surface area contributed by atoms with Crippen LogP contribution in [0.5, 0.6) is 0 Å². The molecule has 1 heterocycles. The zero-order valence-electron chi connectivity index (χ0n) is 5.83. The number of hydrogen-bond donors (Lipinski definition) is 2. The van der Waals surface area contributed by atoms with Crippen LogP contribution in [0.2, 0.25) is 0 Å². The van der Waals surface area contributed by atoms with E-state index in [0.29, 0.717) is 5.89 Å². The van der Waals surface area contributed by atoms with E-state index in [-0.39, 0.29) is 16.9 Å². The molecule has 0 unspecified atom stereocenters. The SMILES string of the molecule is OCC1(c2n[nH]c(=S)o2)CC1. The van der Waals surface area contributed by atoms with Gasteiger partial charge in [-0.15, -0.1) is 5.10 Å². The monoisotopic (exact) mass is 172 g/mol. The van der Waals surface area contributed by atoms with Crippen LogP contribution in [0.4, 0.5) is 0 Å². The fourth-order valence-corrected chi connectivity index (χ4v) is 1.17. The Bertz CT molecular complexity index is 312. The largest absolute Gasteiger partial charge is 0.413 e. The van der Waals surface area contributed by atoms with Crippen molar-refractivity contribution >= 4 is 12.2 Å². The smallest absolute Gasteiger partial charge is 0.284 e. The molecule has 60 valence electrons. The van der Waals surface area contributed by atoms with E-state index >= 15 is 0 Å². The highest BCUT2D eigenvalue weighted by atomic mass is 32.1. The molecule has 0 spiro atoms. The predicted molar refractivity (Wildman–Crippen MR) is 39.7 cm³/mol. The third-order valence-corrected chi connectivity index (χ3v) is 2.22. The molecule has 2 rings (SSSR count). The molecule has 5 heteroatoms. The van der Waals surface area contributed by atoms with Crippen LogP contribution in [0.1, 0.15) is 18.7 Å². The van der Waals surface area contributed by atoms with Gasteiger partial charge in [-0.2, -0.15) is 0 Å². The molecule has 1 aliphatic carbocycles. The van der Waals surface area contributed by atoms with Crippen LogP contribution in [-0.4, -0.2) is 21.9 Å². The Labute approximate surface area is 68.2 Å². The van der Waals surface area contributed by atoms with Crippen molar-refractivity contribution in [1.29, 1.82) is 0 Å². The zero-order valence-corrected chi connectivity index (χ0v) is 6.65. The summed E-state index contributed by atoms with van der Waals surface area (Å²) >= 11 is 4.71. The number of aliphatic hydroxyl groups excluding tert-OH is 1. The molecule has 1 aromatic rings. The molecular weight excluding hydrogens is 164 g/mol. The van der Waals surface area contributed by atoms with Crippen molar-refractivity contribution in [3.8, 4) is 0 Å². The van der Waals surface area contributed by atoms with Gasteiger partial charge in [-0.05, 0) is 25.1 Å². The van der Waals surface area contributed by atoms with Crippen molar-refractivity contribution in [1.82, 2.24) is 10.2 Å². The third-order valence-electron chi connectivity index (χ3n) is 2.05. The Kier molecular flexibility index (Phi) is 1.37. The molecule has 0 aliphatic heterocycles. The number of aliphatic hydroxyl groups is 1. The lowest BCUT2D eigenvalue weighted by Gasteiger charge is -2.02. The molecule has 4 nitrogen and oxygen atoms in total. The minimum Gasteiger partial charge on any atom is -0.413 e. The summed E-state index contributed by atoms with van der Waals surface area (Å²) in [5.41, 5.74) is -0.215. The summed E-state index contributed by atoms with van der Waals surface area (Å²) < 4.78 is 5.09. The molecule has 11 heavy (non-hydrogen) atoms. The predicted octanol–water partition coefficient (Wildman–Crippen LogP) is 0.756. The van der Waals surface area contributed by atoms with E-state index in [1.165, 1.54) is 0 Å². The highest BCUT2D eigenvalue weighted by molar-refractivity contribution is 7.71. The third kappa shape index (κ3) is 1.00. The highest BCUT2D eigenvalue weighted by Crippen LogP contribution is 2.46. The van der Waals surface area contributed by atoms with E-state index in [0.717, 1.165) is 12.8 Å². The summed E-state index contributed by atoms with van der Waals surface area (Å²) in [6, 6.07) is 0. The van der Waals surface area contributed by atoms with Crippen LogP contribution in [0.25, 0.3) is 0 Å². The molecule has 2 N–H and O–H groups in total. The molecule has 1 saturated carbocycles. The molecule has 0 saturated heterocycles. The lowest BCUT2D eigenvalue weighted by atomic mass is 10.1. The minimum absolute atomic E-state index is 0.0934. The van der Waals surface area contributed by atoms with Crippen molar-refractivity contribution in [3.63, 3.8) is 0 Å². The second kappa shape index (κ2) is 2.15. The first-order chi connectivity index (χ1) is 5.27. The Hall–Kier alpha value is -0.680. The molecule has 1 aliphatic rings. The first-order valence-corrected chi connectivity index (χ1v) is 3.84. The molecule has 0 atom stereocenters. The maximum absolute atomic E-state index is 8.97. The van der Waals surface area contributed by atoms with Crippen molar-refractivity contribution in [3.05, 3.63) is 10.7 Å². The number of nitrogens with one attached hydrogen (secondary N) is 1. The lowest BCUT2D eigenvalue weighted by Crippen LogP contribution is -2.12. The summed E-state index contributed by atoms with van der Waals surface area (Å²) in [6.45, 7) is 0.0934. The van der Waals surface area contributed by atoms with Gasteiger partial charge >= 0.3 is 0 Å². The van der Waals surface area contributed by atoms with Gasteiger partial charge in [-0.25, -0.2) is 5.10 Å². The first kappa shape index (κ1) is 7.00.